The van der Waals surface area contributed by atoms with E-state index in [4.69, 9.17) is 21.1 Å². The Morgan fingerprint density at radius 1 is 1.28 bits per heavy atom. The third-order valence-electron chi connectivity index (χ3n) is 2.24. The van der Waals surface area contributed by atoms with Crippen LogP contribution in [0.5, 0.6) is 0 Å². The molecule has 18 heavy (non-hydrogen) atoms. The SMILES string of the molecule is S=c1[nH]nc(-c2ccco2)n1/N=C/c1ccco1. The minimum absolute atomic E-state index is 0.379. The predicted octanol–water partition coefficient (Wildman–Crippen LogP) is 2.68. The molecular formula is C11H8N4O2S. The fraction of sp³-hybridized carbons (Fsp3) is 0. The van der Waals surface area contributed by atoms with Crippen LogP contribution in [0.3, 0.4) is 0 Å². The Morgan fingerprint density at radius 2 is 2.11 bits per heavy atom. The van der Waals surface area contributed by atoms with Gasteiger partial charge in [-0.05, 0) is 36.5 Å². The summed E-state index contributed by atoms with van der Waals surface area (Å²) in [7, 11) is 0. The first kappa shape index (κ1) is 10.7. The van der Waals surface area contributed by atoms with Gasteiger partial charge in [0.25, 0.3) is 0 Å². The van der Waals surface area contributed by atoms with Crippen molar-refractivity contribution in [3.05, 3.63) is 47.3 Å². The van der Waals surface area contributed by atoms with Crippen LogP contribution in [0.15, 0.2) is 50.7 Å². The summed E-state index contributed by atoms with van der Waals surface area (Å²) in [6.07, 6.45) is 4.69. The molecule has 0 spiro atoms. The summed E-state index contributed by atoms with van der Waals surface area (Å²) in [5, 5.41) is 10.9. The molecule has 0 aliphatic rings. The minimum atomic E-state index is 0.379. The smallest absolute Gasteiger partial charge is 0.219 e. The Bertz CT molecular complexity index is 707. The van der Waals surface area contributed by atoms with Crippen molar-refractivity contribution in [3.63, 3.8) is 0 Å². The first-order valence-electron chi connectivity index (χ1n) is 5.14. The number of nitrogens with one attached hydrogen (secondary N) is 1. The van der Waals surface area contributed by atoms with Gasteiger partial charge < -0.3 is 8.83 Å². The summed E-state index contributed by atoms with van der Waals surface area (Å²) in [6.45, 7) is 0. The molecule has 0 saturated carbocycles. The maximum absolute atomic E-state index is 5.26. The second-order valence-corrected chi connectivity index (χ2v) is 3.79. The molecule has 0 aromatic carbocycles. The number of aromatic amines is 1. The third kappa shape index (κ3) is 1.91. The summed E-state index contributed by atoms with van der Waals surface area (Å²) in [6, 6.07) is 7.13. The molecule has 0 aliphatic heterocycles. The average molecular weight is 260 g/mol. The Kier molecular flexibility index (Phi) is 2.66. The summed E-state index contributed by atoms with van der Waals surface area (Å²) in [5.41, 5.74) is 0. The summed E-state index contributed by atoms with van der Waals surface area (Å²) in [4.78, 5) is 0. The molecule has 3 rings (SSSR count). The lowest BCUT2D eigenvalue weighted by Gasteiger charge is -1.95. The standard InChI is InChI=1S/C11H8N4O2S/c18-11-14-13-10(9-4-2-6-17-9)15(11)12-7-8-3-1-5-16-8/h1-7H,(H,14,18)/b12-7+. The lowest BCUT2D eigenvalue weighted by atomic mass is 10.4. The van der Waals surface area contributed by atoms with E-state index in [1.54, 1.807) is 43.0 Å². The quantitative estimate of drug-likeness (QED) is 0.580. The van der Waals surface area contributed by atoms with Crippen molar-refractivity contribution in [1.82, 2.24) is 14.9 Å². The van der Waals surface area contributed by atoms with Crippen LogP contribution >= 0.6 is 12.2 Å². The van der Waals surface area contributed by atoms with Crippen LogP contribution in [0, 0.1) is 4.77 Å². The zero-order chi connectivity index (χ0) is 12.4. The van der Waals surface area contributed by atoms with Crippen LogP contribution in [0.4, 0.5) is 0 Å². The lowest BCUT2D eigenvalue weighted by Crippen LogP contribution is -1.93. The van der Waals surface area contributed by atoms with Crippen molar-refractivity contribution in [3.8, 4) is 11.6 Å². The van der Waals surface area contributed by atoms with Crippen LogP contribution in [-0.4, -0.2) is 21.1 Å². The highest BCUT2D eigenvalue weighted by molar-refractivity contribution is 7.71. The zero-order valence-electron chi connectivity index (χ0n) is 9.11. The van der Waals surface area contributed by atoms with Crippen LogP contribution in [0.25, 0.3) is 11.6 Å². The van der Waals surface area contributed by atoms with Crippen LogP contribution in [0.1, 0.15) is 5.76 Å². The van der Waals surface area contributed by atoms with Crippen molar-refractivity contribution in [1.29, 1.82) is 0 Å². The zero-order valence-corrected chi connectivity index (χ0v) is 9.92. The highest BCUT2D eigenvalue weighted by Crippen LogP contribution is 2.17. The molecule has 7 heteroatoms. The van der Waals surface area contributed by atoms with E-state index < -0.39 is 0 Å². The van der Waals surface area contributed by atoms with Gasteiger partial charge in [-0.1, -0.05) is 0 Å². The summed E-state index contributed by atoms with van der Waals surface area (Å²) >= 11 is 5.10. The topological polar surface area (TPSA) is 72.2 Å². The van der Waals surface area contributed by atoms with E-state index in [2.05, 4.69) is 15.3 Å². The normalized spacial score (nSPS) is 11.3. The largest absolute Gasteiger partial charge is 0.463 e. The van der Waals surface area contributed by atoms with Gasteiger partial charge in [0.15, 0.2) is 5.76 Å². The van der Waals surface area contributed by atoms with Crippen LogP contribution < -0.4 is 0 Å². The van der Waals surface area contributed by atoms with Gasteiger partial charge in [-0.25, -0.2) is 5.10 Å². The maximum atomic E-state index is 5.26. The molecule has 0 bridgehead atoms. The van der Waals surface area contributed by atoms with Gasteiger partial charge in [0, 0.05) is 0 Å². The molecule has 6 nitrogen and oxygen atoms in total. The van der Waals surface area contributed by atoms with E-state index in [-0.39, 0.29) is 0 Å². The Morgan fingerprint density at radius 3 is 2.83 bits per heavy atom. The summed E-state index contributed by atoms with van der Waals surface area (Å²) < 4.78 is 12.3. The van der Waals surface area contributed by atoms with Crippen LogP contribution in [0.2, 0.25) is 0 Å². The van der Waals surface area contributed by atoms with E-state index in [0.717, 1.165) is 0 Å². The highest BCUT2D eigenvalue weighted by atomic mass is 32.1. The number of nitrogens with zero attached hydrogens (tertiary/aromatic N) is 3. The van der Waals surface area contributed by atoms with Crippen molar-refractivity contribution in [2.45, 2.75) is 0 Å². The average Bonchev–Trinajstić information content (AvgIpc) is 3.08. The molecule has 90 valence electrons. The van der Waals surface area contributed by atoms with Gasteiger partial charge in [-0.3, -0.25) is 0 Å². The van der Waals surface area contributed by atoms with E-state index >= 15 is 0 Å². The Labute approximate surface area is 107 Å². The Balaban J connectivity index is 2.02. The molecule has 0 aliphatic carbocycles. The molecule has 0 unspecified atom stereocenters. The number of hydrogen-bond donors (Lipinski definition) is 1. The maximum Gasteiger partial charge on any atom is 0.219 e. The van der Waals surface area contributed by atoms with Gasteiger partial charge in [0.05, 0.1) is 18.7 Å². The van der Waals surface area contributed by atoms with Gasteiger partial charge >= 0.3 is 0 Å². The number of rotatable bonds is 3. The van der Waals surface area contributed by atoms with Gasteiger partial charge in [-0.15, -0.1) is 5.10 Å². The number of aromatic nitrogens is 3. The van der Waals surface area contributed by atoms with Gasteiger partial charge in [0.1, 0.15) is 5.76 Å². The van der Waals surface area contributed by atoms with E-state index in [9.17, 15) is 0 Å². The lowest BCUT2D eigenvalue weighted by molar-refractivity contribution is 0.558. The number of hydrogen-bond acceptors (Lipinski definition) is 5. The fourth-order valence-corrected chi connectivity index (χ4v) is 1.62. The van der Waals surface area contributed by atoms with Crippen molar-refractivity contribution in [2.75, 3.05) is 0 Å². The molecule has 3 heterocycles. The molecule has 0 radical (unpaired) electrons. The molecule has 0 fully saturated rings. The molecule has 0 amide bonds. The molecule has 3 aromatic heterocycles. The summed E-state index contributed by atoms with van der Waals surface area (Å²) in [5.74, 6) is 1.72. The second-order valence-electron chi connectivity index (χ2n) is 3.40. The monoisotopic (exact) mass is 260 g/mol. The minimum Gasteiger partial charge on any atom is -0.463 e. The molecule has 0 atom stereocenters. The highest BCUT2D eigenvalue weighted by Gasteiger charge is 2.10. The van der Waals surface area contributed by atoms with Gasteiger partial charge in [0.2, 0.25) is 10.6 Å². The third-order valence-corrected chi connectivity index (χ3v) is 2.50. The van der Waals surface area contributed by atoms with Crippen molar-refractivity contribution >= 4 is 18.4 Å². The first-order chi connectivity index (χ1) is 8.84. The van der Waals surface area contributed by atoms with Gasteiger partial charge in [-0.2, -0.15) is 9.78 Å². The van der Waals surface area contributed by atoms with Crippen LogP contribution in [-0.2, 0) is 0 Å². The fourth-order valence-electron chi connectivity index (χ4n) is 1.44. The van der Waals surface area contributed by atoms with Crippen molar-refractivity contribution < 1.29 is 8.83 Å². The number of furan rings is 2. The molecule has 0 saturated heterocycles. The van der Waals surface area contributed by atoms with Crippen molar-refractivity contribution in [2.24, 2.45) is 5.10 Å². The van der Waals surface area contributed by atoms with E-state index in [1.807, 2.05) is 0 Å². The molecule has 1 N–H and O–H groups in total. The number of H-pyrrole nitrogens is 1. The van der Waals surface area contributed by atoms with E-state index in [1.165, 1.54) is 4.68 Å². The molecular weight excluding hydrogens is 252 g/mol. The second kappa shape index (κ2) is 4.46. The molecule has 3 aromatic rings. The predicted molar refractivity (Wildman–Crippen MR) is 66.8 cm³/mol. The Hall–Kier alpha value is -2.41. The first-order valence-corrected chi connectivity index (χ1v) is 5.54. The van der Waals surface area contributed by atoms with E-state index in [0.29, 0.717) is 22.1 Å².